The topological polar surface area (TPSA) is 96.2 Å². The molecule has 1 saturated heterocycles. The van der Waals surface area contributed by atoms with Gasteiger partial charge in [-0.05, 0) is 43.3 Å². The second-order valence-corrected chi connectivity index (χ2v) is 7.20. The Bertz CT molecular complexity index is 1070. The lowest BCUT2D eigenvalue weighted by Crippen LogP contribution is -2.24. The van der Waals surface area contributed by atoms with Gasteiger partial charge >= 0.3 is 0 Å². The van der Waals surface area contributed by atoms with E-state index in [4.69, 9.17) is 23.5 Å². The first-order valence-electron chi connectivity index (χ1n) is 10.2. The number of aromatic nitrogens is 2. The van der Waals surface area contributed by atoms with Crippen molar-refractivity contribution in [1.82, 2.24) is 10.1 Å². The van der Waals surface area contributed by atoms with Crippen LogP contribution in [0, 0.1) is 0 Å². The smallest absolute Gasteiger partial charge is 0.232 e. The van der Waals surface area contributed by atoms with E-state index in [0.717, 1.165) is 11.4 Å². The minimum atomic E-state index is -0.197. The largest absolute Gasteiger partial charge is 0.494 e. The molecule has 32 heavy (non-hydrogen) atoms. The zero-order valence-corrected chi connectivity index (χ0v) is 18.5. The highest BCUT2D eigenvalue weighted by molar-refractivity contribution is 5.96. The van der Waals surface area contributed by atoms with Gasteiger partial charge in [-0.3, -0.25) is 4.79 Å². The molecular formula is C23H25N3O6. The normalized spacial score (nSPS) is 15.7. The van der Waals surface area contributed by atoms with Gasteiger partial charge in [-0.25, -0.2) is 0 Å². The number of methoxy groups -OCH3 is 3. The van der Waals surface area contributed by atoms with E-state index < -0.39 is 0 Å². The molecular weight excluding hydrogens is 414 g/mol. The molecule has 9 heteroatoms. The number of amides is 1. The summed E-state index contributed by atoms with van der Waals surface area (Å²) in [5.74, 6) is 2.84. The van der Waals surface area contributed by atoms with Gasteiger partial charge < -0.3 is 28.4 Å². The van der Waals surface area contributed by atoms with E-state index in [1.807, 2.05) is 31.2 Å². The summed E-state index contributed by atoms with van der Waals surface area (Å²) in [5, 5.41) is 4.11. The number of nitrogens with zero attached hydrogens (tertiary/aromatic N) is 3. The van der Waals surface area contributed by atoms with Crippen molar-refractivity contribution in [2.75, 3.05) is 39.4 Å². The molecule has 0 aliphatic carbocycles. The van der Waals surface area contributed by atoms with E-state index in [0.29, 0.717) is 54.1 Å². The van der Waals surface area contributed by atoms with Gasteiger partial charge in [0, 0.05) is 24.2 Å². The number of hydrogen-bond acceptors (Lipinski definition) is 8. The minimum Gasteiger partial charge on any atom is -0.494 e. The van der Waals surface area contributed by atoms with Crippen LogP contribution in [0.5, 0.6) is 23.0 Å². The fourth-order valence-corrected chi connectivity index (χ4v) is 3.74. The van der Waals surface area contributed by atoms with E-state index in [2.05, 4.69) is 10.1 Å². The second kappa shape index (κ2) is 9.17. The molecule has 0 saturated carbocycles. The van der Waals surface area contributed by atoms with Gasteiger partial charge in [0.1, 0.15) is 5.75 Å². The van der Waals surface area contributed by atoms with Crippen LogP contribution in [0.4, 0.5) is 5.69 Å². The van der Waals surface area contributed by atoms with Crippen molar-refractivity contribution in [2.45, 2.75) is 19.3 Å². The van der Waals surface area contributed by atoms with E-state index in [1.165, 1.54) is 0 Å². The first kappa shape index (κ1) is 21.5. The SMILES string of the molecule is CCOc1ccc(N2C[C@@H](c3nc(-c4cc(OC)c(OC)c(OC)c4)no3)CC2=O)cc1. The van der Waals surface area contributed by atoms with Crippen LogP contribution in [0.1, 0.15) is 25.2 Å². The Morgan fingerprint density at radius 2 is 1.75 bits per heavy atom. The Balaban J connectivity index is 1.55. The third-order valence-corrected chi connectivity index (χ3v) is 5.30. The lowest BCUT2D eigenvalue weighted by molar-refractivity contribution is -0.117. The van der Waals surface area contributed by atoms with Crippen LogP contribution in [0.25, 0.3) is 11.4 Å². The van der Waals surface area contributed by atoms with Crippen LogP contribution in [0.15, 0.2) is 40.9 Å². The predicted molar refractivity (Wildman–Crippen MR) is 117 cm³/mol. The summed E-state index contributed by atoms with van der Waals surface area (Å²) in [6.07, 6.45) is 0.296. The minimum absolute atomic E-state index is 0.00620. The summed E-state index contributed by atoms with van der Waals surface area (Å²) >= 11 is 0. The molecule has 1 aromatic heterocycles. The van der Waals surface area contributed by atoms with Crippen molar-refractivity contribution < 1.29 is 28.3 Å². The lowest BCUT2D eigenvalue weighted by atomic mass is 10.1. The molecule has 4 rings (SSSR count). The average Bonchev–Trinajstić information content (AvgIpc) is 3.46. The fraction of sp³-hybridized carbons (Fsp3) is 0.348. The van der Waals surface area contributed by atoms with Gasteiger partial charge in [0.25, 0.3) is 0 Å². The van der Waals surface area contributed by atoms with E-state index in [9.17, 15) is 4.79 Å². The molecule has 2 aromatic carbocycles. The number of rotatable bonds is 8. The van der Waals surface area contributed by atoms with Gasteiger partial charge in [-0.2, -0.15) is 4.98 Å². The molecule has 0 N–H and O–H groups in total. The standard InChI is InChI=1S/C23H25N3O6/c1-5-31-17-8-6-16(7-9-17)26-13-15(12-20(26)27)23-24-22(25-32-23)14-10-18(28-2)21(30-4)19(11-14)29-3/h6-11,15H,5,12-13H2,1-4H3/t15-/m0/s1. The number of carbonyl (C=O) groups is 1. The summed E-state index contributed by atoms with van der Waals surface area (Å²) in [5.41, 5.74) is 1.47. The molecule has 1 aliphatic heterocycles. The molecule has 0 unspecified atom stereocenters. The molecule has 1 aliphatic rings. The highest BCUT2D eigenvalue weighted by atomic mass is 16.5. The Labute approximate surface area is 185 Å². The average molecular weight is 439 g/mol. The molecule has 1 atom stereocenters. The van der Waals surface area contributed by atoms with Crippen LogP contribution >= 0.6 is 0 Å². The summed E-state index contributed by atoms with van der Waals surface area (Å²) in [6.45, 7) is 2.98. The maximum absolute atomic E-state index is 12.6. The number of hydrogen-bond donors (Lipinski definition) is 0. The predicted octanol–water partition coefficient (Wildman–Crippen LogP) is 3.68. The molecule has 0 radical (unpaired) electrons. The monoisotopic (exact) mass is 439 g/mol. The first-order valence-corrected chi connectivity index (χ1v) is 10.2. The van der Waals surface area contributed by atoms with E-state index in [1.54, 1.807) is 38.4 Å². The maximum Gasteiger partial charge on any atom is 0.232 e. The summed E-state index contributed by atoms with van der Waals surface area (Å²) < 4.78 is 27.1. The second-order valence-electron chi connectivity index (χ2n) is 7.20. The first-order chi connectivity index (χ1) is 15.6. The van der Waals surface area contributed by atoms with Gasteiger partial charge in [0.15, 0.2) is 11.5 Å². The lowest BCUT2D eigenvalue weighted by Gasteiger charge is -2.16. The third kappa shape index (κ3) is 4.05. The van der Waals surface area contributed by atoms with Crippen molar-refractivity contribution in [1.29, 1.82) is 0 Å². The molecule has 0 spiro atoms. The van der Waals surface area contributed by atoms with E-state index >= 15 is 0 Å². The Kier molecular flexibility index (Phi) is 6.16. The molecule has 3 aromatic rings. The van der Waals surface area contributed by atoms with Crippen molar-refractivity contribution in [3.8, 4) is 34.4 Å². The highest BCUT2D eigenvalue weighted by Crippen LogP contribution is 2.41. The fourth-order valence-electron chi connectivity index (χ4n) is 3.74. The van der Waals surface area contributed by atoms with Gasteiger partial charge in [-0.15, -0.1) is 0 Å². The molecule has 168 valence electrons. The van der Waals surface area contributed by atoms with Crippen LogP contribution in [0.3, 0.4) is 0 Å². The third-order valence-electron chi connectivity index (χ3n) is 5.30. The molecule has 9 nitrogen and oxygen atoms in total. The van der Waals surface area contributed by atoms with Crippen molar-refractivity contribution >= 4 is 11.6 Å². The zero-order valence-electron chi connectivity index (χ0n) is 18.5. The number of ether oxygens (including phenoxy) is 4. The maximum atomic E-state index is 12.6. The molecule has 0 bridgehead atoms. The Morgan fingerprint density at radius 3 is 2.34 bits per heavy atom. The van der Waals surface area contributed by atoms with Crippen molar-refractivity contribution in [3.63, 3.8) is 0 Å². The Morgan fingerprint density at radius 1 is 1.06 bits per heavy atom. The Hall–Kier alpha value is -3.75. The number of anilines is 1. The zero-order chi connectivity index (χ0) is 22.7. The summed E-state index contributed by atoms with van der Waals surface area (Å²) in [6, 6.07) is 11.0. The van der Waals surface area contributed by atoms with Crippen molar-refractivity contribution in [3.05, 3.63) is 42.3 Å². The van der Waals surface area contributed by atoms with Crippen LogP contribution in [0.2, 0.25) is 0 Å². The van der Waals surface area contributed by atoms with Gasteiger partial charge in [0.2, 0.25) is 23.4 Å². The molecule has 1 fully saturated rings. The summed E-state index contributed by atoms with van der Waals surface area (Å²) in [4.78, 5) is 18.9. The quantitative estimate of drug-likeness (QED) is 0.524. The molecule has 1 amide bonds. The molecule has 2 heterocycles. The van der Waals surface area contributed by atoms with Crippen LogP contribution in [-0.4, -0.2) is 50.5 Å². The highest BCUT2D eigenvalue weighted by Gasteiger charge is 2.35. The van der Waals surface area contributed by atoms with Crippen LogP contribution < -0.4 is 23.8 Å². The summed E-state index contributed by atoms with van der Waals surface area (Å²) in [7, 11) is 4.63. The number of benzene rings is 2. The van der Waals surface area contributed by atoms with E-state index in [-0.39, 0.29) is 11.8 Å². The van der Waals surface area contributed by atoms with Crippen LogP contribution in [-0.2, 0) is 4.79 Å². The van der Waals surface area contributed by atoms with Crippen molar-refractivity contribution in [2.24, 2.45) is 0 Å². The number of carbonyl (C=O) groups excluding carboxylic acids is 1. The van der Waals surface area contributed by atoms with Gasteiger partial charge in [-0.1, -0.05) is 5.16 Å². The van der Waals surface area contributed by atoms with Gasteiger partial charge in [0.05, 0.1) is 33.9 Å².